The number of aromatic nitrogens is 3. The summed E-state index contributed by atoms with van der Waals surface area (Å²) in [5.41, 5.74) is 2.74. The second-order valence-electron chi connectivity index (χ2n) is 7.96. The Hall–Kier alpha value is -3.28. The number of aryl methyl sites for hydroxylation is 1. The third-order valence-electron chi connectivity index (χ3n) is 5.73. The molecule has 1 aromatic carbocycles. The number of nitrogens with zero attached hydrogens (tertiary/aromatic N) is 4. The van der Waals surface area contributed by atoms with Crippen molar-refractivity contribution < 1.29 is 4.79 Å². The molecule has 6 heteroatoms. The van der Waals surface area contributed by atoms with E-state index < -0.39 is 0 Å². The van der Waals surface area contributed by atoms with E-state index in [4.69, 9.17) is 0 Å². The van der Waals surface area contributed by atoms with Gasteiger partial charge in [-0.15, -0.1) is 0 Å². The predicted octanol–water partition coefficient (Wildman–Crippen LogP) is 4.48. The van der Waals surface area contributed by atoms with Crippen LogP contribution in [0.15, 0.2) is 61.1 Å². The Kier molecular flexibility index (Phi) is 6.02. The number of hydrogen-bond donors (Lipinski definition) is 1. The highest BCUT2D eigenvalue weighted by Crippen LogP contribution is 2.28. The highest BCUT2D eigenvalue weighted by atomic mass is 16.2. The van der Waals surface area contributed by atoms with E-state index in [1.165, 1.54) is 0 Å². The van der Waals surface area contributed by atoms with E-state index in [1.807, 2.05) is 43.3 Å². The fourth-order valence-electron chi connectivity index (χ4n) is 3.93. The van der Waals surface area contributed by atoms with Gasteiger partial charge in [0.05, 0.1) is 0 Å². The number of anilines is 2. The molecule has 0 aliphatic carbocycles. The van der Waals surface area contributed by atoms with Crippen molar-refractivity contribution in [3.05, 3.63) is 66.6 Å². The molecule has 30 heavy (non-hydrogen) atoms. The number of carbonyl (C=O) groups excluding carboxylic acids is 1. The van der Waals surface area contributed by atoms with Gasteiger partial charge in [0.2, 0.25) is 5.91 Å². The standard InChI is InChI=1S/C24H27N5O/c1-17-7-10-21(29(15-11-17)22-6-3-4-12-25-22)24(30)28-19-9-8-18(2)20(16-19)23-26-13-5-14-27-23/h3-6,8-9,12-14,16-17,21H,7,10-11,15H2,1-2H3,(H,28,30)/t17-,21+/m0/s1. The summed E-state index contributed by atoms with van der Waals surface area (Å²) in [4.78, 5) is 28.7. The Labute approximate surface area is 177 Å². The van der Waals surface area contributed by atoms with Gasteiger partial charge in [-0.25, -0.2) is 15.0 Å². The third-order valence-corrected chi connectivity index (χ3v) is 5.73. The molecule has 4 rings (SSSR count). The van der Waals surface area contributed by atoms with Crippen LogP contribution in [-0.4, -0.2) is 33.4 Å². The minimum Gasteiger partial charge on any atom is -0.345 e. The summed E-state index contributed by atoms with van der Waals surface area (Å²) >= 11 is 0. The number of pyridine rings is 1. The summed E-state index contributed by atoms with van der Waals surface area (Å²) in [6.45, 7) is 5.10. The molecule has 1 amide bonds. The molecule has 2 aromatic heterocycles. The highest BCUT2D eigenvalue weighted by Gasteiger charge is 2.30. The van der Waals surface area contributed by atoms with Crippen LogP contribution in [0.3, 0.4) is 0 Å². The number of carbonyl (C=O) groups is 1. The Morgan fingerprint density at radius 2 is 1.80 bits per heavy atom. The van der Waals surface area contributed by atoms with Crippen LogP contribution in [0.25, 0.3) is 11.4 Å². The summed E-state index contributed by atoms with van der Waals surface area (Å²) in [6, 6.07) is 13.3. The number of nitrogens with one attached hydrogen (secondary N) is 1. The lowest BCUT2D eigenvalue weighted by atomic mass is 10.0. The first-order valence-electron chi connectivity index (χ1n) is 10.5. The van der Waals surface area contributed by atoms with E-state index >= 15 is 0 Å². The van der Waals surface area contributed by atoms with Crippen molar-refractivity contribution in [1.82, 2.24) is 15.0 Å². The molecular weight excluding hydrogens is 374 g/mol. The summed E-state index contributed by atoms with van der Waals surface area (Å²) in [6.07, 6.45) is 8.13. The van der Waals surface area contributed by atoms with Crippen molar-refractivity contribution >= 4 is 17.4 Å². The highest BCUT2D eigenvalue weighted by molar-refractivity contribution is 5.97. The molecule has 0 spiro atoms. The molecule has 1 saturated heterocycles. The molecule has 0 bridgehead atoms. The summed E-state index contributed by atoms with van der Waals surface area (Å²) < 4.78 is 0. The molecule has 1 fully saturated rings. The largest absolute Gasteiger partial charge is 0.345 e. The molecule has 6 nitrogen and oxygen atoms in total. The second-order valence-corrected chi connectivity index (χ2v) is 7.96. The van der Waals surface area contributed by atoms with Gasteiger partial charge in [-0.1, -0.05) is 19.1 Å². The van der Waals surface area contributed by atoms with Crippen LogP contribution < -0.4 is 10.2 Å². The van der Waals surface area contributed by atoms with E-state index in [0.717, 1.165) is 48.4 Å². The van der Waals surface area contributed by atoms with Crippen LogP contribution in [0.5, 0.6) is 0 Å². The maximum atomic E-state index is 13.3. The van der Waals surface area contributed by atoms with Crippen molar-refractivity contribution in [2.45, 2.75) is 39.2 Å². The van der Waals surface area contributed by atoms with Gasteiger partial charge < -0.3 is 10.2 Å². The van der Waals surface area contributed by atoms with E-state index in [9.17, 15) is 4.79 Å². The van der Waals surface area contributed by atoms with Crippen LogP contribution in [0.2, 0.25) is 0 Å². The summed E-state index contributed by atoms with van der Waals surface area (Å²) in [7, 11) is 0. The number of rotatable bonds is 4. The molecule has 154 valence electrons. The molecule has 1 aliphatic heterocycles. The fourth-order valence-corrected chi connectivity index (χ4v) is 3.93. The topological polar surface area (TPSA) is 71.0 Å². The zero-order chi connectivity index (χ0) is 20.9. The van der Waals surface area contributed by atoms with Gasteiger partial charge in [-0.05, 0) is 68.0 Å². The Balaban J connectivity index is 1.58. The first-order valence-corrected chi connectivity index (χ1v) is 10.5. The predicted molar refractivity (Wildman–Crippen MR) is 119 cm³/mol. The Bertz CT molecular complexity index is 993. The normalized spacial score (nSPS) is 19.2. The molecule has 0 saturated carbocycles. The lowest BCUT2D eigenvalue weighted by Gasteiger charge is -2.30. The minimum atomic E-state index is -0.248. The lowest BCUT2D eigenvalue weighted by Crippen LogP contribution is -2.44. The number of benzene rings is 1. The zero-order valence-electron chi connectivity index (χ0n) is 17.5. The van der Waals surface area contributed by atoms with Crippen LogP contribution in [0.1, 0.15) is 31.7 Å². The van der Waals surface area contributed by atoms with Gasteiger partial charge in [0.15, 0.2) is 5.82 Å². The molecule has 1 aliphatic rings. The summed E-state index contributed by atoms with van der Waals surface area (Å²) in [5.74, 6) is 2.10. The first kappa shape index (κ1) is 20.0. The zero-order valence-corrected chi connectivity index (χ0v) is 17.5. The number of amides is 1. The number of hydrogen-bond acceptors (Lipinski definition) is 5. The van der Waals surface area contributed by atoms with Crippen LogP contribution in [0, 0.1) is 12.8 Å². The van der Waals surface area contributed by atoms with Gasteiger partial charge in [0.25, 0.3) is 0 Å². The van der Waals surface area contributed by atoms with Crippen molar-refractivity contribution in [1.29, 1.82) is 0 Å². The fraction of sp³-hybridized carbons (Fsp3) is 0.333. The van der Waals surface area contributed by atoms with Crippen LogP contribution in [0.4, 0.5) is 11.5 Å². The smallest absolute Gasteiger partial charge is 0.247 e. The minimum absolute atomic E-state index is 0.00136. The maximum absolute atomic E-state index is 13.3. The lowest BCUT2D eigenvalue weighted by molar-refractivity contribution is -0.117. The maximum Gasteiger partial charge on any atom is 0.247 e. The van der Waals surface area contributed by atoms with Crippen LogP contribution in [-0.2, 0) is 4.79 Å². The van der Waals surface area contributed by atoms with E-state index in [0.29, 0.717) is 11.7 Å². The monoisotopic (exact) mass is 401 g/mol. The molecular formula is C24H27N5O. The van der Waals surface area contributed by atoms with Gasteiger partial charge in [-0.2, -0.15) is 0 Å². The van der Waals surface area contributed by atoms with E-state index in [1.54, 1.807) is 24.7 Å². The van der Waals surface area contributed by atoms with Gasteiger partial charge >= 0.3 is 0 Å². The Morgan fingerprint density at radius 1 is 1.00 bits per heavy atom. The average molecular weight is 402 g/mol. The quantitative estimate of drug-likeness (QED) is 0.698. The van der Waals surface area contributed by atoms with Crippen molar-refractivity contribution in [2.24, 2.45) is 5.92 Å². The van der Waals surface area contributed by atoms with E-state index in [-0.39, 0.29) is 11.9 Å². The molecule has 3 heterocycles. The third kappa shape index (κ3) is 4.48. The molecule has 3 aromatic rings. The van der Waals surface area contributed by atoms with Gasteiger partial charge in [0.1, 0.15) is 11.9 Å². The second kappa shape index (κ2) is 9.03. The summed E-state index contributed by atoms with van der Waals surface area (Å²) in [5, 5.41) is 3.13. The van der Waals surface area contributed by atoms with E-state index in [2.05, 4.69) is 32.1 Å². The van der Waals surface area contributed by atoms with Crippen LogP contribution >= 0.6 is 0 Å². The molecule has 2 atom stereocenters. The molecule has 1 N–H and O–H groups in total. The first-order chi connectivity index (χ1) is 14.6. The Morgan fingerprint density at radius 3 is 2.57 bits per heavy atom. The molecule has 0 unspecified atom stereocenters. The SMILES string of the molecule is Cc1ccc(NC(=O)[C@H]2CC[C@H](C)CCN2c2ccccn2)cc1-c1ncccn1. The van der Waals surface area contributed by atoms with Crippen molar-refractivity contribution in [3.8, 4) is 11.4 Å². The molecule has 0 radical (unpaired) electrons. The van der Waals surface area contributed by atoms with Crippen molar-refractivity contribution in [2.75, 3.05) is 16.8 Å². The van der Waals surface area contributed by atoms with Gasteiger partial charge in [0, 0.05) is 36.4 Å². The van der Waals surface area contributed by atoms with Crippen molar-refractivity contribution in [3.63, 3.8) is 0 Å². The van der Waals surface area contributed by atoms with Gasteiger partial charge in [-0.3, -0.25) is 4.79 Å². The average Bonchev–Trinajstić information content (AvgIpc) is 2.98.